The van der Waals surface area contributed by atoms with Crippen LogP contribution in [0.5, 0.6) is 0 Å². The van der Waals surface area contributed by atoms with Gasteiger partial charge in [0.15, 0.2) is 5.96 Å². The zero-order chi connectivity index (χ0) is 15.3. The lowest BCUT2D eigenvalue weighted by Gasteiger charge is -2.22. The van der Waals surface area contributed by atoms with Crippen LogP contribution in [0, 0.1) is 0 Å². The van der Waals surface area contributed by atoms with Gasteiger partial charge in [0.25, 0.3) is 0 Å². The van der Waals surface area contributed by atoms with Crippen molar-refractivity contribution in [2.45, 2.75) is 52.0 Å². The molecule has 0 aromatic heterocycles. The van der Waals surface area contributed by atoms with Crippen molar-refractivity contribution in [1.82, 2.24) is 15.5 Å². The summed E-state index contributed by atoms with van der Waals surface area (Å²) in [6.07, 6.45) is 6.36. The van der Waals surface area contributed by atoms with Crippen molar-refractivity contribution >= 4 is 5.96 Å². The molecule has 5 heteroatoms. The highest BCUT2D eigenvalue weighted by Crippen LogP contribution is 2.25. The first-order valence-corrected chi connectivity index (χ1v) is 8.57. The van der Waals surface area contributed by atoms with Crippen molar-refractivity contribution in [1.29, 1.82) is 0 Å². The summed E-state index contributed by atoms with van der Waals surface area (Å²) in [5.74, 6) is 0.955. The number of rotatable bonds is 12. The summed E-state index contributed by atoms with van der Waals surface area (Å²) >= 11 is 0. The average molecular weight is 298 g/mol. The number of nitrogens with one attached hydrogen (secondary N) is 2. The quantitative estimate of drug-likeness (QED) is 0.328. The Bertz CT molecular complexity index is 279. The van der Waals surface area contributed by atoms with Crippen LogP contribution in [-0.4, -0.2) is 63.3 Å². The minimum absolute atomic E-state index is 0.783. The van der Waals surface area contributed by atoms with Crippen molar-refractivity contribution in [2.24, 2.45) is 4.99 Å². The van der Waals surface area contributed by atoms with Crippen molar-refractivity contribution in [3.63, 3.8) is 0 Å². The molecule has 0 bridgehead atoms. The summed E-state index contributed by atoms with van der Waals surface area (Å²) in [5, 5.41) is 6.76. The van der Waals surface area contributed by atoms with E-state index in [1.165, 1.54) is 32.1 Å². The van der Waals surface area contributed by atoms with Gasteiger partial charge in [0, 0.05) is 45.9 Å². The third-order valence-electron chi connectivity index (χ3n) is 3.71. The number of hydrogen-bond donors (Lipinski definition) is 2. The number of hydrogen-bond acceptors (Lipinski definition) is 3. The molecular formula is C16H34N4O. The zero-order valence-corrected chi connectivity index (χ0v) is 14.2. The van der Waals surface area contributed by atoms with E-state index in [2.05, 4.69) is 34.4 Å². The second-order valence-corrected chi connectivity index (χ2v) is 5.65. The smallest absolute Gasteiger partial charge is 0.191 e. The van der Waals surface area contributed by atoms with Gasteiger partial charge in [0.2, 0.25) is 0 Å². The molecule has 0 unspecified atom stereocenters. The van der Waals surface area contributed by atoms with E-state index < -0.39 is 0 Å². The summed E-state index contributed by atoms with van der Waals surface area (Å²) in [7, 11) is 1.77. The maximum absolute atomic E-state index is 5.19. The Hall–Kier alpha value is -0.810. The summed E-state index contributed by atoms with van der Waals surface area (Å²) in [4.78, 5) is 7.15. The van der Waals surface area contributed by atoms with E-state index in [0.29, 0.717) is 0 Å². The molecule has 124 valence electrons. The first-order valence-electron chi connectivity index (χ1n) is 8.57. The van der Waals surface area contributed by atoms with E-state index >= 15 is 0 Å². The van der Waals surface area contributed by atoms with E-state index in [1.807, 2.05) is 0 Å². The standard InChI is InChI=1S/C16H34N4O/c1-4-6-7-10-18-16(17-5-2)19-11-12-20(13-14-21-3)15-8-9-15/h15H,4-14H2,1-3H3,(H2,17,18,19). The van der Waals surface area contributed by atoms with Gasteiger partial charge in [0.05, 0.1) is 6.61 Å². The molecule has 0 radical (unpaired) electrons. The minimum Gasteiger partial charge on any atom is -0.383 e. The molecule has 0 amide bonds. The van der Waals surface area contributed by atoms with Crippen LogP contribution in [0.3, 0.4) is 0 Å². The molecule has 0 aromatic carbocycles. The monoisotopic (exact) mass is 298 g/mol. The molecule has 0 aliphatic heterocycles. The van der Waals surface area contributed by atoms with Crippen molar-refractivity contribution in [2.75, 3.05) is 46.4 Å². The Labute approximate surface area is 130 Å². The molecule has 0 spiro atoms. The average Bonchev–Trinajstić information content (AvgIpc) is 3.31. The highest BCUT2D eigenvalue weighted by atomic mass is 16.5. The van der Waals surface area contributed by atoms with Gasteiger partial charge in [-0.15, -0.1) is 0 Å². The molecule has 0 atom stereocenters. The molecular weight excluding hydrogens is 264 g/mol. The second kappa shape index (κ2) is 11.8. The van der Waals surface area contributed by atoms with Gasteiger partial charge in [-0.05, 0) is 26.2 Å². The van der Waals surface area contributed by atoms with Crippen molar-refractivity contribution in [3.05, 3.63) is 0 Å². The van der Waals surface area contributed by atoms with Gasteiger partial charge in [-0.1, -0.05) is 19.8 Å². The van der Waals surface area contributed by atoms with Crippen LogP contribution in [0.4, 0.5) is 0 Å². The number of unbranched alkanes of at least 4 members (excludes halogenated alkanes) is 2. The van der Waals surface area contributed by atoms with Crippen LogP contribution in [0.15, 0.2) is 4.99 Å². The van der Waals surface area contributed by atoms with Crippen LogP contribution in [0.2, 0.25) is 0 Å². The fourth-order valence-electron chi connectivity index (χ4n) is 2.34. The lowest BCUT2D eigenvalue weighted by atomic mass is 10.2. The number of methoxy groups -OCH3 is 1. The molecule has 1 saturated carbocycles. The predicted molar refractivity (Wildman–Crippen MR) is 90.0 cm³/mol. The number of guanidine groups is 1. The highest BCUT2D eigenvalue weighted by Gasteiger charge is 2.28. The molecule has 1 aliphatic rings. The Morgan fingerprint density at radius 3 is 2.62 bits per heavy atom. The van der Waals surface area contributed by atoms with Crippen molar-refractivity contribution < 1.29 is 4.74 Å². The molecule has 1 aliphatic carbocycles. The van der Waals surface area contributed by atoms with E-state index in [4.69, 9.17) is 4.74 Å². The minimum atomic E-state index is 0.783. The molecule has 2 N–H and O–H groups in total. The van der Waals surface area contributed by atoms with Gasteiger partial charge in [0.1, 0.15) is 0 Å². The summed E-state index contributed by atoms with van der Waals surface area (Å²) in [6.45, 7) is 10.0. The normalized spacial score (nSPS) is 15.5. The molecule has 5 nitrogen and oxygen atoms in total. The third kappa shape index (κ3) is 8.94. The fraction of sp³-hybridized carbons (Fsp3) is 0.938. The lowest BCUT2D eigenvalue weighted by molar-refractivity contribution is 0.144. The van der Waals surface area contributed by atoms with Gasteiger partial charge in [-0.3, -0.25) is 9.89 Å². The topological polar surface area (TPSA) is 48.9 Å². The highest BCUT2D eigenvalue weighted by molar-refractivity contribution is 5.79. The van der Waals surface area contributed by atoms with Gasteiger partial charge in [-0.2, -0.15) is 0 Å². The van der Waals surface area contributed by atoms with Crippen LogP contribution < -0.4 is 10.6 Å². The molecule has 21 heavy (non-hydrogen) atoms. The van der Waals surface area contributed by atoms with Crippen LogP contribution in [0.1, 0.15) is 46.0 Å². The molecule has 0 aromatic rings. The fourth-order valence-corrected chi connectivity index (χ4v) is 2.34. The predicted octanol–water partition coefficient (Wildman–Crippen LogP) is 1.84. The first-order chi connectivity index (χ1) is 10.3. The SMILES string of the molecule is CCCCCN=C(NCC)NCCN(CCOC)C1CC1. The van der Waals surface area contributed by atoms with Crippen LogP contribution in [0.25, 0.3) is 0 Å². The molecule has 1 rings (SSSR count). The first kappa shape index (κ1) is 18.2. The van der Waals surface area contributed by atoms with Crippen LogP contribution in [-0.2, 0) is 4.74 Å². The van der Waals surface area contributed by atoms with Gasteiger partial charge < -0.3 is 15.4 Å². The number of nitrogens with zero attached hydrogens (tertiary/aromatic N) is 2. The third-order valence-corrected chi connectivity index (χ3v) is 3.71. The second-order valence-electron chi connectivity index (χ2n) is 5.65. The lowest BCUT2D eigenvalue weighted by Crippen LogP contribution is -2.42. The van der Waals surface area contributed by atoms with E-state index in [0.717, 1.165) is 51.3 Å². The Morgan fingerprint density at radius 2 is 2.00 bits per heavy atom. The summed E-state index contributed by atoms with van der Waals surface area (Å²) in [6, 6.07) is 0.783. The number of aliphatic imine (C=N–C) groups is 1. The van der Waals surface area contributed by atoms with Crippen molar-refractivity contribution in [3.8, 4) is 0 Å². The van der Waals surface area contributed by atoms with Crippen LogP contribution >= 0.6 is 0 Å². The Kier molecular flexibility index (Phi) is 10.3. The largest absolute Gasteiger partial charge is 0.383 e. The summed E-state index contributed by atoms with van der Waals surface area (Å²) < 4.78 is 5.19. The maximum Gasteiger partial charge on any atom is 0.191 e. The van der Waals surface area contributed by atoms with E-state index in [9.17, 15) is 0 Å². The maximum atomic E-state index is 5.19. The van der Waals surface area contributed by atoms with E-state index in [1.54, 1.807) is 7.11 Å². The van der Waals surface area contributed by atoms with Gasteiger partial charge >= 0.3 is 0 Å². The number of ether oxygens (including phenoxy) is 1. The Morgan fingerprint density at radius 1 is 1.19 bits per heavy atom. The molecule has 1 fully saturated rings. The summed E-state index contributed by atoms with van der Waals surface area (Å²) in [5.41, 5.74) is 0. The molecule has 0 heterocycles. The van der Waals surface area contributed by atoms with Gasteiger partial charge in [-0.25, -0.2) is 0 Å². The zero-order valence-electron chi connectivity index (χ0n) is 14.2. The Balaban J connectivity index is 2.23. The molecule has 0 saturated heterocycles. The van der Waals surface area contributed by atoms with E-state index in [-0.39, 0.29) is 0 Å².